The average Bonchev–Trinajstić information content (AvgIpc) is 2.10. The maximum Gasteiger partial charge on any atom is 0.321 e. The third-order valence-electron chi connectivity index (χ3n) is 1.76. The van der Waals surface area contributed by atoms with Gasteiger partial charge in [-0.05, 0) is 12.2 Å². The van der Waals surface area contributed by atoms with Crippen LogP contribution in [-0.4, -0.2) is 28.6 Å². The van der Waals surface area contributed by atoms with Crippen LogP contribution in [0.25, 0.3) is 0 Å². The van der Waals surface area contributed by atoms with Gasteiger partial charge in [-0.15, -0.1) is 0 Å². The highest BCUT2D eigenvalue weighted by Gasteiger charge is 2.09. The molecule has 0 unspecified atom stereocenters. The molecular weight excluding hydrogens is 186 g/mol. The molecule has 0 saturated carbocycles. The maximum absolute atomic E-state index is 10.3. The van der Waals surface area contributed by atoms with Crippen LogP contribution < -0.4 is 5.73 Å². The van der Waals surface area contributed by atoms with Crippen LogP contribution in [0.3, 0.4) is 0 Å². The fourth-order valence-corrected chi connectivity index (χ4v) is 1.88. The third-order valence-corrected chi connectivity index (χ3v) is 2.93. The van der Waals surface area contributed by atoms with Crippen molar-refractivity contribution in [1.82, 2.24) is 0 Å². The molecule has 3 N–H and O–H groups in total. The number of unbranched alkanes of at least 4 members (excludes halogenated alkanes) is 3. The molecular formula is C9H19NO2S. The molecule has 1 atom stereocenters. The monoisotopic (exact) mass is 205 g/mol. The zero-order chi connectivity index (χ0) is 10.1. The molecule has 13 heavy (non-hydrogen) atoms. The van der Waals surface area contributed by atoms with E-state index in [2.05, 4.69) is 6.92 Å². The van der Waals surface area contributed by atoms with E-state index >= 15 is 0 Å². The third kappa shape index (κ3) is 8.12. The molecule has 78 valence electrons. The molecule has 0 aliphatic carbocycles. The van der Waals surface area contributed by atoms with Crippen molar-refractivity contribution in [2.75, 3.05) is 11.5 Å². The zero-order valence-electron chi connectivity index (χ0n) is 8.16. The van der Waals surface area contributed by atoms with Gasteiger partial charge in [0.25, 0.3) is 0 Å². The number of hydrogen-bond donors (Lipinski definition) is 2. The van der Waals surface area contributed by atoms with Gasteiger partial charge in [-0.25, -0.2) is 0 Å². The van der Waals surface area contributed by atoms with Crippen molar-refractivity contribution in [3.05, 3.63) is 0 Å². The van der Waals surface area contributed by atoms with E-state index in [-0.39, 0.29) is 0 Å². The minimum atomic E-state index is -0.902. The predicted molar refractivity (Wildman–Crippen MR) is 57.1 cm³/mol. The van der Waals surface area contributed by atoms with Crippen molar-refractivity contribution >= 4 is 17.7 Å². The smallest absolute Gasteiger partial charge is 0.321 e. The summed E-state index contributed by atoms with van der Waals surface area (Å²) in [7, 11) is 0. The Kier molecular flexibility index (Phi) is 8.24. The van der Waals surface area contributed by atoms with Crippen LogP contribution in [0.4, 0.5) is 0 Å². The molecule has 0 aromatic carbocycles. The van der Waals surface area contributed by atoms with Crippen LogP contribution in [0.5, 0.6) is 0 Å². The number of nitrogens with two attached hydrogens (primary N) is 1. The van der Waals surface area contributed by atoms with Gasteiger partial charge < -0.3 is 10.8 Å². The van der Waals surface area contributed by atoms with Gasteiger partial charge in [0, 0.05) is 5.75 Å². The molecule has 0 spiro atoms. The average molecular weight is 205 g/mol. The van der Waals surface area contributed by atoms with E-state index in [1.807, 2.05) is 0 Å². The normalized spacial score (nSPS) is 12.8. The largest absolute Gasteiger partial charge is 0.480 e. The van der Waals surface area contributed by atoms with Crippen LogP contribution in [0.1, 0.15) is 32.6 Å². The fourth-order valence-electron chi connectivity index (χ4n) is 0.912. The SMILES string of the molecule is CCCCCCSC[C@@H](N)C(=O)O. The number of thioether (sulfide) groups is 1. The Bertz CT molecular complexity index is 142. The minimum absolute atomic E-state index is 0.529. The highest BCUT2D eigenvalue weighted by molar-refractivity contribution is 7.99. The van der Waals surface area contributed by atoms with Gasteiger partial charge in [-0.1, -0.05) is 26.2 Å². The number of carbonyl (C=O) groups is 1. The first-order valence-corrected chi connectivity index (χ1v) is 5.90. The Morgan fingerprint density at radius 1 is 1.46 bits per heavy atom. The topological polar surface area (TPSA) is 63.3 Å². The maximum atomic E-state index is 10.3. The van der Waals surface area contributed by atoms with Gasteiger partial charge in [0.2, 0.25) is 0 Å². The number of aliphatic carboxylic acids is 1. The van der Waals surface area contributed by atoms with E-state index in [0.29, 0.717) is 5.75 Å². The second-order valence-electron chi connectivity index (χ2n) is 3.08. The van der Waals surface area contributed by atoms with Gasteiger partial charge in [0.1, 0.15) is 6.04 Å². The summed E-state index contributed by atoms with van der Waals surface area (Å²) in [4.78, 5) is 10.3. The van der Waals surface area contributed by atoms with E-state index in [1.54, 1.807) is 11.8 Å². The number of carboxylic acid groups (broad SMARTS) is 1. The van der Waals surface area contributed by atoms with Crippen LogP contribution in [-0.2, 0) is 4.79 Å². The Hall–Kier alpha value is -0.220. The van der Waals surface area contributed by atoms with E-state index in [1.165, 1.54) is 25.7 Å². The summed E-state index contributed by atoms with van der Waals surface area (Å²) < 4.78 is 0. The van der Waals surface area contributed by atoms with E-state index in [9.17, 15) is 4.79 Å². The zero-order valence-corrected chi connectivity index (χ0v) is 8.98. The first-order valence-electron chi connectivity index (χ1n) is 4.74. The molecule has 0 heterocycles. The minimum Gasteiger partial charge on any atom is -0.480 e. The van der Waals surface area contributed by atoms with Crippen LogP contribution >= 0.6 is 11.8 Å². The molecule has 3 nitrogen and oxygen atoms in total. The van der Waals surface area contributed by atoms with E-state index in [0.717, 1.165) is 5.75 Å². The lowest BCUT2D eigenvalue weighted by atomic mass is 10.2. The van der Waals surface area contributed by atoms with Crippen LogP contribution in [0.2, 0.25) is 0 Å². The highest BCUT2D eigenvalue weighted by atomic mass is 32.2. The van der Waals surface area contributed by atoms with E-state index in [4.69, 9.17) is 10.8 Å². The summed E-state index contributed by atoms with van der Waals surface area (Å²) in [5, 5.41) is 8.48. The summed E-state index contributed by atoms with van der Waals surface area (Å²) >= 11 is 1.63. The molecule has 0 radical (unpaired) electrons. The van der Waals surface area contributed by atoms with Crippen molar-refractivity contribution in [2.45, 2.75) is 38.6 Å². The van der Waals surface area contributed by atoms with Crippen molar-refractivity contribution in [3.8, 4) is 0 Å². The first-order chi connectivity index (χ1) is 6.18. The predicted octanol–water partition coefficient (Wildman–Crippen LogP) is 1.71. The Morgan fingerprint density at radius 3 is 2.69 bits per heavy atom. The number of rotatable bonds is 8. The van der Waals surface area contributed by atoms with Gasteiger partial charge in [0.15, 0.2) is 0 Å². The molecule has 0 saturated heterocycles. The second kappa shape index (κ2) is 8.38. The Morgan fingerprint density at radius 2 is 2.15 bits per heavy atom. The molecule has 0 amide bonds. The lowest BCUT2D eigenvalue weighted by molar-refractivity contribution is -0.137. The summed E-state index contributed by atoms with van der Waals surface area (Å²) in [5.41, 5.74) is 5.34. The summed E-state index contributed by atoms with van der Waals surface area (Å²) in [6, 6.07) is -0.698. The first kappa shape index (κ1) is 12.8. The summed E-state index contributed by atoms with van der Waals surface area (Å²) in [5.74, 6) is 0.656. The van der Waals surface area contributed by atoms with Crippen molar-refractivity contribution in [3.63, 3.8) is 0 Å². The fraction of sp³-hybridized carbons (Fsp3) is 0.889. The lowest BCUT2D eigenvalue weighted by Gasteiger charge is -2.05. The van der Waals surface area contributed by atoms with Gasteiger partial charge in [0.05, 0.1) is 0 Å². The molecule has 0 aromatic rings. The number of carboxylic acids is 1. The molecule has 0 bridgehead atoms. The van der Waals surface area contributed by atoms with Gasteiger partial charge in [-0.3, -0.25) is 4.79 Å². The summed E-state index contributed by atoms with van der Waals surface area (Å²) in [6.45, 7) is 2.17. The Labute approximate surface area is 84.1 Å². The highest BCUT2D eigenvalue weighted by Crippen LogP contribution is 2.08. The lowest BCUT2D eigenvalue weighted by Crippen LogP contribution is -2.32. The second-order valence-corrected chi connectivity index (χ2v) is 4.23. The quantitative estimate of drug-likeness (QED) is 0.592. The molecule has 0 aromatic heterocycles. The van der Waals surface area contributed by atoms with Crippen molar-refractivity contribution in [1.29, 1.82) is 0 Å². The van der Waals surface area contributed by atoms with Gasteiger partial charge >= 0.3 is 5.97 Å². The Balaban J connectivity index is 3.11. The molecule has 0 fully saturated rings. The van der Waals surface area contributed by atoms with Crippen molar-refractivity contribution in [2.24, 2.45) is 5.73 Å². The molecule has 0 aliphatic rings. The van der Waals surface area contributed by atoms with E-state index < -0.39 is 12.0 Å². The van der Waals surface area contributed by atoms with Crippen molar-refractivity contribution < 1.29 is 9.90 Å². The summed E-state index contributed by atoms with van der Waals surface area (Å²) in [6.07, 6.45) is 4.92. The van der Waals surface area contributed by atoms with Crippen LogP contribution in [0.15, 0.2) is 0 Å². The van der Waals surface area contributed by atoms with Crippen LogP contribution in [0, 0.1) is 0 Å². The molecule has 4 heteroatoms. The van der Waals surface area contributed by atoms with Gasteiger partial charge in [-0.2, -0.15) is 11.8 Å². The standard InChI is InChI=1S/C9H19NO2S/c1-2-3-4-5-6-13-7-8(10)9(11)12/h8H,2-7,10H2,1H3,(H,11,12)/t8-/m1/s1. The molecule has 0 rings (SSSR count). The number of hydrogen-bond acceptors (Lipinski definition) is 3. The molecule has 0 aliphatic heterocycles.